The number of hydrazone groups is 1. The van der Waals surface area contributed by atoms with Crippen LogP contribution >= 0.6 is 0 Å². The number of nitrogens with zero attached hydrogens (tertiary/aromatic N) is 2. The van der Waals surface area contributed by atoms with Crippen molar-refractivity contribution in [3.05, 3.63) is 35.4 Å². The third-order valence-corrected chi connectivity index (χ3v) is 1.48. The van der Waals surface area contributed by atoms with Crippen LogP contribution in [0.5, 0.6) is 0 Å². The van der Waals surface area contributed by atoms with E-state index < -0.39 is 0 Å². The van der Waals surface area contributed by atoms with Gasteiger partial charge in [-0.1, -0.05) is 29.8 Å². The molecule has 0 spiro atoms. The average molecular weight is 162 g/mol. The summed E-state index contributed by atoms with van der Waals surface area (Å²) in [4.78, 5) is 0. The van der Waals surface area contributed by atoms with Crippen LogP contribution in [-0.4, -0.2) is 25.3 Å². The number of benzene rings is 1. The molecule has 0 fully saturated rings. The van der Waals surface area contributed by atoms with Gasteiger partial charge in [0.2, 0.25) is 0 Å². The molecule has 2 heteroatoms. The molecule has 0 aliphatic carbocycles. The smallest absolute Gasteiger partial charge is 0.0542 e. The second kappa shape index (κ2) is 3.90. The summed E-state index contributed by atoms with van der Waals surface area (Å²) in [5, 5.41) is 5.92. The van der Waals surface area contributed by atoms with E-state index >= 15 is 0 Å². The van der Waals surface area contributed by atoms with Gasteiger partial charge in [-0.15, -0.1) is 0 Å². The van der Waals surface area contributed by atoms with Crippen molar-refractivity contribution in [1.29, 1.82) is 0 Å². The maximum atomic E-state index is 4.14. The zero-order chi connectivity index (χ0) is 8.97. The van der Waals surface area contributed by atoms with Gasteiger partial charge in [-0.05, 0) is 12.5 Å². The van der Waals surface area contributed by atoms with Crippen LogP contribution in [0.25, 0.3) is 0 Å². The molecule has 0 unspecified atom stereocenters. The van der Waals surface area contributed by atoms with E-state index in [1.54, 1.807) is 5.01 Å². The number of hydrogen-bond donors (Lipinski definition) is 0. The lowest BCUT2D eigenvalue weighted by Gasteiger charge is -2.02. The van der Waals surface area contributed by atoms with E-state index in [9.17, 15) is 0 Å². The highest BCUT2D eigenvalue weighted by Crippen LogP contribution is 2.00. The maximum Gasteiger partial charge on any atom is 0.0542 e. The first-order valence-electron chi connectivity index (χ1n) is 3.96. The van der Waals surface area contributed by atoms with E-state index in [0.717, 1.165) is 5.56 Å². The Bertz CT molecular complexity index is 277. The van der Waals surface area contributed by atoms with Gasteiger partial charge >= 0.3 is 0 Å². The van der Waals surface area contributed by atoms with Crippen LogP contribution in [0.2, 0.25) is 0 Å². The summed E-state index contributed by atoms with van der Waals surface area (Å²) in [7, 11) is 3.82. The summed E-state index contributed by atoms with van der Waals surface area (Å²) in [6.45, 7) is 2.08. The predicted octanol–water partition coefficient (Wildman–Crippen LogP) is 1.89. The van der Waals surface area contributed by atoms with Gasteiger partial charge in [0.05, 0.1) is 6.21 Å². The van der Waals surface area contributed by atoms with Crippen molar-refractivity contribution in [2.24, 2.45) is 5.10 Å². The van der Waals surface area contributed by atoms with Crippen molar-refractivity contribution in [3.63, 3.8) is 0 Å². The lowest BCUT2D eigenvalue weighted by atomic mass is 10.2. The molecule has 2 nitrogen and oxygen atoms in total. The van der Waals surface area contributed by atoms with E-state index in [0.29, 0.717) is 0 Å². The van der Waals surface area contributed by atoms with E-state index in [1.165, 1.54) is 5.56 Å². The van der Waals surface area contributed by atoms with Crippen molar-refractivity contribution in [2.45, 2.75) is 6.92 Å². The summed E-state index contributed by atoms with van der Waals surface area (Å²) in [6, 6.07) is 8.26. The van der Waals surface area contributed by atoms with Gasteiger partial charge in [0.1, 0.15) is 0 Å². The van der Waals surface area contributed by atoms with Gasteiger partial charge in [-0.25, -0.2) is 0 Å². The topological polar surface area (TPSA) is 15.6 Å². The minimum atomic E-state index is 1.14. The van der Waals surface area contributed by atoms with Gasteiger partial charge in [0, 0.05) is 14.1 Å². The molecule has 0 atom stereocenters. The number of rotatable bonds is 2. The van der Waals surface area contributed by atoms with Crippen molar-refractivity contribution in [3.8, 4) is 0 Å². The fourth-order valence-electron chi connectivity index (χ4n) is 0.933. The molecule has 12 heavy (non-hydrogen) atoms. The average Bonchev–Trinajstić information content (AvgIpc) is 2.01. The Hall–Kier alpha value is -1.31. The first kappa shape index (κ1) is 8.78. The Morgan fingerprint density at radius 2 is 2.08 bits per heavy atom. The molecule has 0 aliphatic rings. The van der Waals surface area contributed by atoms with Crippen LogP contribution in [0.4, 0.5) is 0 Å². The first-order valence-corrected chi connectivity index (χ1v) is 3.96. The lowest BCUT2D eigenvalue weighted by molar-refractivity contribution is 0.440. The van der Waals surface area contributed by atoms with E-state index in [-0.39, 0.29) is 0 Å². The second-order valence-corrected chi connectivity index (χ2v) is 3.01. The van der Waals surface area contributed by atoms with Crippen molar-refractivity contribution < 1.29 is 0 Å². The second-order valence-electron chi connectivity index (χ2n) is 3.01. The highest BCUT2D eigenvalue weighted by molar-refractivity contribution is 5.79. The van der Waals surface area contributed by atoms with Crippen LogP contribution < -0.4 is 0 Å². The van der Waals surface area contributed by atoms with Crippen molar-refractivity contribution >= 4 is 6.21 Å². The normalized spacial score (nSPS) is 10.6. The molecule has 0 aromatic heterocycles. The minimum Gasteiger partial charge on any atom is -0.303 e. The maximum absolute atomic E-state index is 4.14. The minimum absolute atomic E-state index is 1.14. The third kappa shape index (κ3) is 2.74. The van der Waals surface area contributed by atoms with E-state index in [4.69, 9.17) is 0 Å². The Kier molecular flexibility index (Phi) is 2.86. The SMILES string of the molecule is Cc1cccc(/C=N/N(C)C)c1. The standard InChI is InChI=1S/C10H14N2/c1-9-5-4-6-10(7-9)8-11-12(2)3/h4-8H,1-3H3/b11-8+. The molecular weight excluding hydrogens is 148 g/mol. The summed E-state index contributed by atoms with van der Waals surface area (Å²) < 4.78 is 0. The van der Waals surface area contributed by atoms with Crippen LogP contribution in [0.1, 0.15) is 11.1 Å². The molecule has 1 rings (SSSR count). The first-order chi connectivity index (χ1) is 5.68. The van der Waals surface area contributed by atoms with Gasteiger partial charge in [-0.3, -0.25) is 0 Å². The zero-order valence-corrected chi connectivity index (χ0v) is 7.78. The van der Waals surface area contributed by atoms with E-state index in [1.807, 2.05) is 32.4 Å². The molecule has 0 amide bonds. The van der Waals surface area contributed by atoms with Crippen LogP contribution in [0.3, 0.4) is 0 Å². The Morgan fingerprint density at radius 3 is 2.67 bits per heavy atom. The lowest BCUT2D eigenvalue weighted by Crippen LogP contribution is -2.01. The largest absolute Gasteiger partial charge is 0.303 e. The van der Waals surface area contributed by atoms with Crippen LogP contribution in [-0.2, 0) is 0 Å². The zero-order valence-electron chi connectivity index (χ0n) is 7.78. The Labute approximate surface area is 73.5 Å². The van der Waals surface area contributed by atoms with Crippen molar-refractivity contribution in [1.82, 2.24) is 5.01 Å². The molecule has 64 valence electrons. The molecule has 0 N–H and O–H groups in total. The summed E-state index contributed by atoms with van der Waals surface area (Å²) >= 11 is 0. The quantitative estimate of drug-likeness (QED) is 0.479. The molecular formula is C10H14N2. The van der Waals surface area contributed by atoms with Crippen LogP contribution in [0, 0.1) is 6.92 Å². The van der Waals surface area contributed by atoms with Gasteiger partial charge in [0.25, 0.3) is 0 Å². The summed E-state index contributed by atoms with van der Waals surface area (Å²) in [5.74, 6) is 0. The fraction of sp³-hybridized carbons (Fsp3) is 0.300. The van der Waals surface area contributed by atoms with Gasteiger partial charge in [0.15, 0.2) is 0 Å². The van der Waals surface area contributed by atoms with Crippen molar-refractivity contribution in [2.75, 3.05) is 14.1 Å². The molecule has 1 aromatic rings. The van der Waals surface area contributed by atoms with Gasteiger partial charge < -0.3 is 5.01 Å². The monoisotopic (exact) mass is 162 g/mol. The van der Waals surface area contributed by atoms with E-state index in [2.05, 4.69) is 24.2 Å². The predicted molar refractivity (Wildman–Crippen MR) is 52.5 cm³/mol. The molecule has 0 radical (unpaired) electrons. The summed E-state index contributed by atoms with van der Waals surface area (Å²) in [5.41, 5.74) is 2.40. The summed E-state index contributed by atoms with van der Waals surface area (Å²) in [6.07, 6.45) is 1.85. The molecule has 0 heterocycles. The fourth-order valence-corrected chi connectivity index (χ4v) is 0.933. The number of aryl methyl sites for hydroxylation is 1. The molecule has 0 saturated heterocycles. The van der Waals surface area contributed by atoms with Crippen LogP contribution in [0.15, 0.2) is 29.4 Å². The Balaban J connectivity index is 2.76. The number of hydrogen-bond acceptors (Lipinski definition) is 2. The highest BCUT2D eigenvalue weighted by atomic mass is 15.4. The molecule has 1 aromatic carbocycles. The Morgan fingerprint density at radius 1 is 1.33 bits per heavy atom. The third-order valence-electron chi connectivity index (χ3n) is 1.48. The highest BCUT2D eigenvalue weighted by Gasteiger charge is 1.87. The van der Waals surface area contributed by atoms with Gasteiger partial charge in [-0.2, -0.15) is 5.10 Å². The molecule has 0 aliphatic heterocycles. The molecule has 0 saturated carbocycles. The molecule has 0 bridgehead atoms.